The molecule has 0 bridgehead atoms. The molecule has 0 spiro atoms. The van der Waals surface area contributed by atoms with E-state index < -0.39 is 29.9 Å². The Morgan fingerprint density at radius 3 is 2.72 bits per heavy atom. The van der Waals surface area contributed by atoms with E-state index in [1.165, 1.54) is 5.56 Å². The lowest BCUT2D eigenvalue weighted by atomic mass is 9.96. The number of amides is 2. The number of aliphatic hydroxyl groups is 1. The first-order valence-electron chi connectivity index (χ1n) is 12.8. The van der Waals surface area contributed by atoms with Crippen molar-refractivity contribution in [2.75, 3.05) is 20.3 Å². The lowest BCUT2D eigenvalue weighted by molar-refractivity contribution is -0.134. The monoisotopic (exact) mass is 495 g/mol. The molecule has 0 unspecified atom stereocenters. The number of nitrogens with two attached hydrogens (primary N) is 1. The van der Waals surface area contributed by atoms with E-state index in [4.69, 9.17) is 15.2 Å². The molecule has 2 amide bonds. The highest BCUT2D eigenvalue weighted by molar-refractivity contribution is 5.99. The van der Waals surface area contributed by atoms with Gasteiger partial charge in [-0.15, -0.1) is 0 Å². The van der Waals surface area contributed by atoms with Crippen LogP contribution in [0.1, 0.15) is 48.4 Å². The minimum atomic E-state index is -0.923. The molecule has 5 atom stereocenters. The third-order valence-corrected chi connectivity index (χ3v) is 7.25. The molecular weight excluding hydrogens is 458 g/mol. The highest BCUT2D eigenvalue weighted by atomic mass is 16.5. The number of primary amides is 1. The van der Waals surface area contributed by atoms with Gasteiger partial charge in [-0.2, -0.15) is 0 Å². The average Bonchev–Trinajstić information content (AvgIpc) is 3.22. The molecule has 0 saturated carbocycles. The van der Waals surface area contributed by atoms with Gasteiger partial charge >= 0.3 is 0 Å². The summed E-state index contributed by atoms with van der Waals surface area (Å²) in [6, 6.07) is 15.0. The maximum Gasteiger partial charge on any atom is 0.232 e. The van der Waals surface area contributed by atoms with Crippen molar-refractivity contribution in [1.29, 1.82) is 0 Å². The van der Waals surface area contributed by atoms with Crippen molar-refractivity contribution in [3.8, 4) is 5.75 Å². The van der Waals surface area contributed by atoms with Gasteiger partial charge in [0.25, 0.3) is 0 Å². The van der Waals surface area contributed by atoms with Gasteiger partial charge in [-0.25, -0.2) is 0 Å². The van der Waals surface area contributed by atoms with E-state index in [-0.39, 0.29) is 18.7 Å². The number of methoxy groups -OCH3 is 1. The lowest BCUT2D eigenvalue weighted by Crippen LogP contribution is -2.52. The van der Waals surface area contributed by atoms with Crippen molar-refractivity contribution in [1.82, 2.24) is 10.6 Å². The van der Waals surface area contributed by atoms with Crippen LogP contribution >= 0.6 is 0 Å². The number of fused-ring (bicyclic) bond motifs is 3. The molecule has 36 heavy (non-hydrogen) atoms. The topological polar surface area (TPSA) is 123 Å². The van der Waals surface area contributed by atoms with E-state index in [0.29, 0.717) is 25.9 Å². The first-order valence-corrected chi connectivity index (χ1v) is 12.8. The first-order chi connectivity index (χ1) is 17.5. The zero-order valence-corrected chi connectivity index (χ0v) is 20.8. The number of aliphatic hydroxyl groups excluding tert-OH is 1. The van der Waals surface area contributed by atoms with Crippen LogP contribution in [0, 0.1) is 5.92 Å². The molecule has 1 aliphatic carbocycles. The van der Waals surface area contributed by atoms with Crippen LogP contribution in [0.5, 0.6) is 5.75 Å². The van der Waals surface area contributed by atoms with Crippen molar-refractivity contribution in [3.63, 3.8) is 0 Å². The van der Waals surface area contributed by atoms with Gasteiger partial charge in [0.2, 0.25) is 11.8 Å². The van der Waals surface area contributed by atoms with Gasteiger partial charge in [0.15, 0.2) is 0 Å². The van der Waals surface area contributed by atoms with Gasteiger partial charge in [-0.05, 0) is 48.1 Å². The molecule has 8 heteroatoms. The van der Waals surface area contributed by atoms with Crippen molar-refractivity contribution in [2.24, 2.45) is 11.7 Å². The van der Waals surface area contributed by atoms with E-state index in [2.05, 4.69) is 16.7 Å². The number of rotatable bonds is 4. The molecule has 2 aromatic carbocycles. The van der Waals surface area contributed by atoms with Crippen molar-refractivity contribution in [2.45, 2.75) is 62.8 Å². The number of carbonyl (C=O) groups is 2. The maximum absolute atomic E-state index is 13.1. The fourth-order valence-corrected chi connectivity index (χ4v) is 5.20. The Morgan fingerprint density at radius 1 is 1.17 bits per heavy atom. The Morgan fingerprint density at radius 2 is 1.97 bits per heavy atom. The quantitative estimate of drug-likeness (QED) is 0.482. The highest BCUT2D eigenvalue weighted by Crippen LogP contribution is 2.36. The van der Waals surface area contributed by atoms with Gasteiger partial charge in [0.1, 0.15) is 11.7 Å². The number of benzene rings is 2. The summed E-state index contributed by atoms with van der Waals surface area (Å²) in [7, 11) is 1.65. The SMILES string of the molecule is COc1ccc2c(c1)[C@H]1NC[C@@H](O)[C@H](Cc3ccccc3)NC(=O)[C@H](C(N)=O)CCCCCO[C@H]1C2. The van der Waals surface area contributed by atoms with Crippen LogP contribution in [0.25, 0.3) is 0 Å². The third kappa shape index (κ3) is 6.43. The molecule has 194 valence electrons. The summed E-state index contributed by atoms with van der Waals surface area (Å²) in [5.74, 6) is -1.21. The van der Waals surface area contributed by atoms with E-state index in [1.54, 1.807) is 7.11 Å². The zero-order valence-electron chi connectivity index (χ0n) is 20.8. The summed E-state index contributed by atoms with van der Waals surface area (Å²) in [4.78, 5) is 25.1. The number of hydrogen-bond acceptors (Lipinski definition) is 6. The Bertz CT molecular complexity index is 1030. The number of carbonyl (C=O) groups excluding carboxylic acids is 2. The average molecular weight is 496 g/mol. The zero-order chi connectivity index (χ0) is 25.5. The summed E-state index contributed by atoms with van der Waals surface area (Å²) < 4.78 is 11.7. The third-order valence-electron chi connectivity index (χ3n) is 7.25. The predicted molar refractivity (Wildman–Crippen MR) is 136 cm³/mol. The molecule has 2 aromatic rings. The van der Waals surface area contributed by atoms with Gasteiger partial charge < -0.3 is 30.9 Å². The van der Waals surface area contributed by atoms with E-state index >= 15 is 0 Å². The molecule has 5 N–H and O–H groups in total. The largest absolute Gasteiger partial charge is 0.497 e. The van der Waals surface area contributed by atoms with E-state index in [1.807, 2.05) is 42.5 Å². The molecule has 8 nitrogen and oxygen atoms in total. The first kappa shape index (κ1) is 26.1. The fourth-order valence-electron chi connectivity index (χ4n) is 5.20. The van der Waals surface area contributed by atoms with Crippen LogP contribution in [0.4, 0.5) is 0 Å². The number of ether oxygens (including phenoxy) is 2. The highest BCUT2D eigenvalue weighted by Gasteiger charge is 2.35. The summed E-state index contributed by atoms with van der Waals surface area (Å²) in [5.41, 5.74) is 8.86. The van der Waals surface area contributed by atoms with Gasteiger partial charge in [0.05, 0.1) is 31.4 Å². The van der Waals surface area contributed by atoms with Crippen LogP contribution in [0.2, 0.25) is 0 Å². The van der Waals surface area contributed by atoms with Crippen molar-refractivity contribution >= 4 is 11.8 Å². The smallest absolute Gasteiger partial charge is 0.232 e. The van der Waals surface area contributed by atoms with Crippen LogP contribution in [0.15, 0.2) is 48.5 Å². The van der Waals surface area contributed by atoms with Crippen molar-refractivity contribution < 1.29 is 24.2 Å². The van der Waals surface area contributed by atoms with Crippen LogP contribution < -0.4 is 21.1 Å². The fraction of sp³-hybridized carbons (Fsp3) is 0.500. The maximum atomic E-state index is 13.1. The standard InChI is InChI=1S/C28H37N3O5/c1-35-20-12-11-19-15-25-26(22(19)16-20)30-17-24(32)23(14-18-8-4-2-5-9-18)31-28(34)21(27(29)33)10-6-3-7-13-36-25/h2,4-5,8-9,11-12,16,21,23-26,30,32H,3,6-7,10,13-15,17H2,1H3,(H2,29,33)(H,31,34)/t21-,23-,24+,25-,26+/m0/s1. The molecule has 2 aliphatic rings. The second-order valence-corrected chi connectivity index (χ2v) is 9.74. The molecule has 0 aromatic heterocycles. The molecule has 1 heterocycles. The van der Waals surface area contributed by atoms with Crippen LogP contribution in [-0.2, 0) is 27.2 Å². The van der Waals surface area contributed by atoms with Crippen LogP contribution in [-0.4, -0.2) is 55.4 Å². The predicted octanol–water partition coefficient (Wildman–Crippen LogP) is 2.03. The molecular formula is C28H37N3O5. The summed E-state index contributed by atoms with van der Waals surface area (Å²) in [5, 5.41) is 17.7. The molecule has 1 fully saturated rings. The summed E-state index contributed by atoms with van der Waals surface area (Å²) >= 11 is 0. The molecule has 1 saturated heterocycles. The van der Waals surface area contributed by atoms with Gasteiger partial charge in [-0.1, -0.05) is 49.2 Å². The van der Waals surface area contributed by atoms with E-state index in [9.17, 15) is 14.7 Å². The number of nitrogens with one attached hydrogen (secondary N) is 2. The minimum absolute atomic E-state index is 0.0648. The number of hydrogen-bond donors (Lipinski definition) is 4. The minimum Gasteiger partial charge on any atom is -0.497 e. The van der Waals surface area contributed by atoms with Gasteiger partial charge in [0, 0.05) is 19.6 Å². The number of β-amino-alcohol motifs (C(OH)–C–C–N with tert-alkyl or cyclic N) is 1. The molecule has 0 radical (unpaired) electrons. The summed E-state index contributed by atoms with van der Waals surface area (Å²) in [6.45, 7) is 0.820. The molecule has 1 aliphatic heterocycles. The Kier molecular flexibility index (Phi) is 8.96. The second-order valence-electron chi connectivity index (χ2n) is 9.74. The Labute approximate surface area is 212 Å². The lowest BCUT2D eigenvalue weighted by Gasteiger charge is -2.29. The van der Waals surface area contributed by atoms with Crippen LogP contribution in [0.3, 0.4) is 0 Å². The molecule has 4 rings (SSSR count). The van der Waals surface area contributed by atoms with Crippen molar-refractivity contribution in [3.05, 3.63) is 65.2 Å². The summed E-state index contributed by atoms with van der Waals surface area (Å²) in [6.07, 6.45) is 2.98. The van der Waals surface area contributed by atoms with Gasteiger partial charge in [-0.3, -0.25) is 9.59 Å². The second kappa shape index (κ2) is 12.3. The normalized spacial score (nSPS) is 27.6. The Hall–Kier alpha value is -2.94. The Balaban J connectivity index is 1.58. The van der Waals surface area contributed by atoms with E-state index in [0.717, 1.165) is 36.1 Å².